The molecular formula is C43H50N8O7S2. The molecule has 1 unspecified atom stereocenters. The van der Waals surface area contributed by atoms with Crippen LogP contribution in [-0.2, 0) is 37.7 Å². The van der Waals surface area contributed by atoms with E-state index in [-0.39, 0.29) is 35.0 Å². The van der Waals surface area contributed by atoms with E-state index < -0.39 is 38.9 Å². The number of aryl methyl sites for hydroxylation is 3. The molecule has 17 heteroatoms. The van der Waals surface area contributed by atoms with Crippen molar-refractivity contribution in [3.8, 4) is 11.3 Å². The van der Waals surface area contributed by atoms with Gasteiger partial charge in [0.15, 0.2) is 15.0 Å². The van der Waals surface area contributed by atoms with Crippen molar-refractivity contribution in [1.82, 2.24) is 30.1 Å². The largest absolute Gasteiger partial charge is 0.371 e. The quantitative estimate of drug-likeness (QED) is 0.0914. The fourth-order valence-electron chi connectivity index (χ4n) is 7.79. The maximum absolute atomic E-state index is 13.1. The van der Waals surface area contributed by atoms with Gasteiger partial charge < -0.3 is 20.9 Å². The zero-order valence-electron chi connectivity index (χ0n) is 34.1. The summed E-state index contributed by atoms with van der Waals surface area (Å²) in [5, 5.41) is 13.0. The molecule has 0 saturated carbocycles. The number of benzene rings is 3. The Morgan fingerprint density at radius 1 is 0.983 bits per heavy atom. The molecule has 2 aromatic heterocycles. The molecular weight excluding hydrogens is 805 g/mol. The van der Waals surface area contributed by atoms with E-state index in [2.05, 4.69) is 43.3 Å². The smallest absolute Gasteiger partial charge is 0.329 e. The number of carbonyl (C=O) groups excluding carboxylic acids is 4. The Balaban J connectivity index is 0.859. The van der Waals surface area contributed by atoms with Crippen LogP contribution in [0.15, 0.2) is 75.7 Å². The van der Waals surface area contributed by atoms with Crippen LogP contribution in [0.1, 0.15) is 73.5 Å². The van der Waals surface area contributed by atoms with Gasteiger partial charge in [-0.05, 0) is 107 Å². The Kier molecular flexibility index (Phi) is 12.7. The summed E-state index contributed by atoms with van der Waals surface area (Å²) in [7, 11) is -1.87. The number of aromatic nitrogens is 3. The van der Waals surface area contributed by atoms with E-state index in [1.54, 1.807) is 38.5 Å². The standard InChI is InChI=1S/C43H50N8O7S2/c1-26(2)60(57,58)37-23-30(12-10-27(37)3)40(54)45-24-39(53)48-42-46-33(25-59-42)29-8-5-9-32(22-29)50-19-16-31(17-20-50)44-18-6-7-28-11-13-34-36(21-28)49(4)43(56)51(34)35-14-15-38(52)47-41(35)55/h5,8-13,21-23,25-26,31,35,44H,6-7,14-20,24H2,1-4H3,(H,45,54)(H,46,48,53)(H,47,52,55). The molecule has 7 rings (SSSR count). The van der Waals surface area contributed by atoms with Gasteiger partial charge in [0.25, 0.3) is 5.91 Å². The first-order valence-corrected chi connectivity index (χ1v) is 22.6. The average Bonchev–Trinajstić information content (AvgIpc) is 3.80. The summed E-state index contributed by atoms with van der Waals surface area (Å²) in [6.45, 7) is 7.22. The number of carbonyl (C=O) groups is 4. The lowest BCUT2D eigenvalue weighted by molar-refractivity contribution is -0.135. The van der Waals surface area contributed by atoms with Gasteiger partial charge in [-0.15, -0.1) is 11.3 Å². The van der Waals surface area contributed by atoms with Crippen molar-refractivity contribution in [3.05, 3.63) is 93.2 Å². The Morgan fingerprint density at radius 3 is 2.52 bits per heavy atom. The van der Waals surface area contributed by atoms with Crippen LogP contribution in [0.4, 0.5) is 10.8 Å². The second-order valence-corrected chi connectivity index (χ2v) is 19.0. The molecule has 316 valence electrons. The van der Waals surface area contributed by atoms with E-state index in [4.69, 9.17) is 0 Å². The van der Waals surface area contributed by atoms with Gasteiger partial charge in [0.2, 0.25) is 17.7 Å². The third-order valence-corrected chi connectivity index (χ3v) is 14.3. The Bertz CT molecular complexity index is 2620. The first kappa shape index (κ1) is 42.5. The predicted molar refractivity (Wildman–Crippen MR) is 232 cm³/mol. The average molecular weight is 855 g/mol. The second kappa shape index (κ2) is 17.9. The highest BCUT2D eigenvalue weighted by Gasteiger charge is 2.31. The first-order chi connectivity index (χ1) is 28.7. The topological polar surface area (TPSA) is 194 Å². The van der Waals surface area contributed by atoms with Crippen LogP contribution in [0, 0.1) is 6.92 Å². The second-order valence-electron chi connectivity index (χ2n) is 15.7. The van der Waals surface area contributed by atoms with Gasteiger partial charge in [-0.1, -0.05) is 24.3 Å². The van der Waals surface area contributed by atoms with Crippen molar-refractivity contribution in [2.75, 3.05) is 36.4 Å². The molecule has 2 saturated heterocycles. The number of nitrogens with one attached hydrogen (secondary N) is 4. The molecule has 5 aromatic rings. The van der Waals surface area contributed by atoms with Crippen molar-refractivity contribution in [3.63, 3.8) is 0 Å². The van der Waals surface area contributed by atoms with Gasteiger partial charge >= 0.3 is 5.69 Å². The molecule has 0 spiro atoms. The van der Waals surface area contributed by atoms with Crippen LogP contribution in [0.25, 0.3) is 22.3 Å². The molecule has 0 radical (unpaired) electrons. The number of anilines is 2. The van der Waals surface area contributed by atoms with Crippen LogP contribution in [-0.4, -0.2) is 83.6 Å². The highest BCUT2D eigenvalue weighted by Crippen LogP contribution is 2.30. The number of nitrogens with zero attached hydrogens (tertiary/aromatic N) is 4. The van der Waals surface area contributed by atoms with Crippen LogP contribution >= 0.6 is 11.3 Å². The van der Waals surface area contributed by atoms with Gasteiger partial charge in [-0.2, -0.15) is 0 Å². The van der Waals surface area contributed by atoms with E-state index in [1.165, 1.54) is 28.0 Å². The highest BCUT2D eigenvalue weighted by atomic mass is 32.2. The highest BCUT2D eigenvalue weighted by molar-refractivity contribution is 7.92. The minimum absolute atomic E-state index is 0.103. The minimum atomic E-state index is -3.58. The van der Waals surface area contributed by atoms with Crippen LogP contribution in [0.3, 0.4) is 0 Å². The number of sulfone groups is 1. The number of imidazole rings is 1. The fourth-order valence-corrected chi connectivity index (χ4v) is 9.84. The summed E-state index contributed by atoms with van der Waals surface area (Å²) in [5.41, 5.74) is 5.77. The molecule has 0 aliphatic carbocycles. The van der Waals surface area contributed by atoms with E-state index in [0.29, 0.717) is 28.7 Å². The minimum Gasteiger partial charge on any atom is -0.371 e. The molecule has 2 aliphatic heterocycles. The lowest BCUT2D eigenvalue weighted by Crippen LogP contribution is -2.44. The number of rotatable bonds is 14. The summed E-state index contributed by atoms with van der Waals surface area (Å²) < 4.78 is 28.6. The van der Waals surface area contributed by atoms with Crippen molar-refractivity contribution in [2.45, 2.75) is 81.5 Å². The van der Waals surface area contributed by atoms with Crippen molar-refractivity contribution in [2.24, 2.45) is 7.05 Å². The first-order valence-electron chi connectivity index (χ1n) is 20.2. The van der Waals surface area contributed by atoms with Gasteiger partial charge in [0, 0.05) is 54.8 Å². The lowest BCUT2D eigenvalue weighted by Gasteiger charge is -2.34. The Labute approximate surface area is 352 Å². The zero-order valence-corrected chi connectivity index (χ0v) is 35.8. The maximum atomic E-state index is 13.1. The number of piperidine rings is 2. The van der Waals surface area contributed by atoms with Crippen LogP contribution in [0.5, 0.6) is 0 Å². The Morgan fingerprint density at radius 2 is 1.77 bits per heavy atom. The molecule has 4 heterocycles. The summed E-state index contributed by atoms with van der Waals surface area (Å²) in [4.78, 5) is 69.9. The number of imide groups is 1. The zero-order chi connectivity index (χ0) is 42.7. The fraction of sp³-hybridized carbons (Fsp3) is 0.395. The van der Waals surface area contributed by atoms with Crippen LogP contribution in [0.2, 0.25) is 0 Å². The molecule has 0 bridgehead atoms. The van der Waals surface area contributed by atoms with Gasteiger partial charge in [-0.3, -0.25) is 33.6 Å². The summed E-state index contributed by atoms with van der Waals surface area (Å²) in [5.74, 6) is -1.75. The Hall–Kier alpha value is -5.65. The van der Waals surface area contributed by atoms with Gasteiger partial charge in [0.1, 0.15) is 6.04 Å². The number of fused-ring (bicyclic) bond motifs is 1. The molecule has 2 fully saturated rings. The summed E-state index contributed by atoms with van der Waals surface area (Å²) >= 11 is 1.29. The third-order valence-electron chi connectivity index (χ3n) is 11.3. The molecule has 4 N–H and O–H groups in total. The summed E-state index contributed by atoms with van der Waals surface area (Å²) in [6, 6.07) is 18.3. The maximum Gasteiger partial charge on any atom is 0.329 e. The molecule has 2 aliphatic rings. The molecule has 1 atom stereocenters. The predicted octanol–water partition coefficient (Wildman–Crippen LogP) is 4.49. The summed E-state index contributed by atoms with van der Waals surface area (Å²) in [6.07, 6.45) is 4.28. The molecule has 60 heavy (non-hydrogen) atoms. The number of hydrogen-bond donors (Lipinski definition) is 4. The molecule has 4 amide bonds. The van der Waals surface area contributed by atoms with E-state index in [0.717, 1.165) is 73.3 Å². The van der Waals surface area contributed by atoms with Gasteiger partial charge in [-0.25, -0.2) is 18.2 Å². The van der Waals surface area contributed by atoms with E-state index in [1.807, 2.05) is 35.7 Å². The SMILES string of the molecule is Cc1ccc(C(=O)NCC(=O)Nc2nc(-c3cccc(N4CCC(NCCCc5ccc6c(c5)n(C)c(=O)n6C5CCC(=O)NC5=O)CC4)c3)cs2)cc1S(=O)(=O)C(C)C. The monoisotopic (exact) mass is 854 g/mol. The molecule has 3 aromatic carbocycles. The van der Waals surface area contributed by atoms with Crippen molar-refractivity contribution < 1.29 is 27.6 Å². The molecule has 15 nitrogen and oxygen atoms in total. The third kappa shape index (κ3) is 9.22. The van der Waals surface area contributed by atoms with Crippen molar-refractivity contribution >= 4 is 66.7 Å². The number of thiazole rings is 1. The van der Waals surface area contributed by atoms with Gasteiger partial charge in [0.05, 0.1) is 33.4 Å². The number of hydrogen-bond acceptors (Lipinski definition) is 11. The van der Waals surface area contributed by atoms with E-state index >= 15 is 0 Å². The van der Waals surface area contributed by atoms with E-state index in [9.17, 15) is 32.4 Å². The van der Waals surface area contributed by atoms with Crippen molar-refractivity contribution in [1.29, 1.82) is 0 Å². The van der Waals surface area contributed by atoms with Crippen LogP contribution < -0.4 is 31.9 Å². The normalized spacial score (nSPS) is 16.4. The lowest BCUT2D eigenvalue weighted by atomic mass is 10.0. The number of amides is 4.